The maximum absolute atomic E-state index is 13.2. The van der Waals surface area contributed by atoms with Crippen molar-refractivity contribution in [3.63, 3.8) is 0 Å². The van der Waals surface area contributed by atoms with Gasteiger partial charge >= 0.3 is 6.18 Å². The molecule has 0 N–H and O–H groups in total. The van der Waals surface area contributed by atoms with Crippen LogP contribution < -0.4 is 19.3 Å². The van der Waals surface area contributed by atoms with E-state index in [4.69, 9.17) is 19.4 Å². The van der Waals surface area contributed by atoms with Gasteiger partial charge in [-0.15, -0.1) is 0 Å². The molecule has 0 saturated carbocycles. The fourth-order valence-corrected chi connectivity index (χ4v) is 4.24. The molecule has 0 amide bonds. The molecule has 3 aromatic rings. The minimum Gasteiger partial charge on any atom is -0.493 e. The van der Waals surface area contributed by atoms with E-state index >= 15 is 0 Å². The van der Waals surface area contributed by atoms with E-state index < -0.39 is 11.7 Å². The zero-order valence-corrected chi connectivity index (χ0v) is 19.8. The zero-order valence-electron chi connectivity index (χ0n) is 19.8. The summed E-state index contributed by atoms with van der Waals surface area (Å²) in [4.78, 5) is 13.8. The van der Waals surface area contributed by atoms with Crippen molar-refractivity contribution in [1.29, 1.82) is 0 Å². The highest BCUT2D eigenvalue weighted by molar-refractivity contribution is 5.92. The molecule has 182 valence electrons. The van der Waals surface area contributed by atoms with Crippen LogP contribution in [0.15, 0.2) is 36.4 Å². The Balaban J connectivity index is 1.65. The molecule has 4 rings (SSSR count). The lowest BCUT2D eigenvalue weighted by Crippen LogP contribution is -2.47. The molecular formula is C25H29F3N4O2. The first-order chi connectivity index (χ1) is 16.2. The molecule has 1 fully saturated rings. The van der Waals surface area contributed by atoms with Gasteiger partial charge in [-0.05, 0) is 30.2 Å². The summed E-state index contributed by atoms with van der Waals surface area (Å²) in [5.74, 6) is 3.15. The first-order valence-electron chi connectivity index (χ1n) is 11.3. The topological polar surface area (TPSA) is 50.7 Å². The smallest absolute Gasteiger partial charge is 0.416 e. The number of methoxy groups -OCH3 is 2. The molecule has 1 saturated heterocycles. The van der Waals surface area contributed by atoms with E-state index in [-0.39, 0.29) is 0 Å². The summed E-state index contributed by atoms with van der Waals surface area (Å²) in [6, 6.07) is 9.26. The van der Waals surface area contributed by atoms with Crippen molar-refractivity contribution in [1.82, 2.24) is 9.97 Å². The third-order valence-electron chi connectivity index (χ3n) is 5.94. The van der Waals surface area contributed by atoms with Gasteiger partial charge in [0.05, 0.1) is 25.3 Å². The zero-order chi connectivity index (χ0) is 24.5. The lowest BCUT2D eigenvalue weighted by molar-refractivity contribution is -0.137. The van der Waals surface area contributed by atoms with E-state index in [9.17, 15) is 13.2 Å². The van der Waals surface area contributed by atoms with Crippen LogP contribution in [0.25, 0.3) is 10.9 Å². The monoisotopic (exact) mass is 474 g/mol. The van der Waals surface area contributed by atoms with Crippen LogP contribution in [-0.4, -0.2) is 50.4 Å². The van der Waals surface area contributed by atoms with Crippen LogP contribution in [0.4, 0.5) is 24.7 Å². The van der Waals surface area contributed by atoms with E-state index in [1.165, 1.54) is 12.1 Å². The van der Waals surface area contributed by atoms with Crippen molar-refractivity contribution in [3.8, 4) is 11.5 Å². The lowest BCUT2D eigenvalue weighted by atomic mass is 10.1. The second kappa shape index (κ2) is 9.56. The summed E-state index contributed by atoms with van der Waals surface area (Å²) in [5.41, 5.74) is 0.723. The Morgan fingerprint density at radius 3 is 2.18 bits per heavy atom. The van der Waals surface area contributed by atoms with Gasteiger partial charge in [0.1, 0.15) is 11.6 Å². The normalized spacial score (nSPS) is 14.7. The molecule has 0 spiro atoms. The van der Waals surface area contributed by atoms with Crippen LogP contribution >= 0.6 is 0 Å². The largest absolute Gasteiger partial charge is 0.493 e. The second-order valence-electron chi connectivity index (χ2n) is 8.81. The molecular weight excluding hydrogens is 445 g/mol. The molecule has 0 aliphatic carbocycles. The highest BCUT2D eigenvalue weighted by Crippen LogP contribution is 2.36. The Hall–Kier alpha value is -3.23. The Labute approximate surface area is 197 Å². The van der Waals surface area contributed by atoms with Gasteiger partial charge in [-0.25, -0.2) is 9.97 Å². The third kappa shape index (κ3) is 4.98. The number of benzene rings is 2. The highest BCUT2D eigenvalue weighted by Gasteiger charge is 2.31. The fraction of sp³-hybridized carbons (Fsp3) is 0.440. The number of fused-ring (bicyclic) bond motifs is 1. The van der Waals surface area contributed by atoms with Crippen LogP contribution in [0.3, 0.4) is 0 Å². The molecule has 0 unspecified atom stereocenters. The van der Waals surface area contributed by atoms with Gasteiger partial charge < -0.3 is 19.3 Å². The van der Waals surface area contributed by atoms with Crippen molar-refractivity contribution >= 4 is 22.4 Å². The standard InChI is InChI=1S/C25H29F3N4O2/c1-16(2)12-23-29-20-15-22(34-4)21(33-3)14-19(20)24(30-23)32-10-8-31(9-11-32)18-7-5-6-17(13-18)25(26,27)28/h5-7,13-16H,8-12H2,1-4H3. The summed E-state index contributed by atoms with van der Waals surface area (Å²) < 4.78 is 50.4. The molecule has 2 heterocycles. The Kier molecular flexibility index (Phi) is 6.72. The van der Waals surface area contributed by atoms with E-state index in [0.717, 1.165) is 35.0 Å². The summed E-state index contributed by atoms with van der Waals surface area (Å²) in [6.07, 6.45) is -3.62. The number of hydrogen-bond donors (Lipinski definition) is 0. The average Bonchev–Trinajstić information content (AvgIpc) is 2.82. The number of anilines is 2. The van der Waals surface area contributed by atoms with Crippen molar-refractivity contribution in [2.45, 2.75) is 26.4 Å². The highest BCUT2D eigenvalue weighted by atomic mass is 19.4. The molecule has 0 radical (unpaired) electrons. The molecule has 1 aromatic heterocycles. The van der Waals surface area contributed by atoms with Crippen molar-refractivity contribution in [2.75, 3.05) is 50.2 Å². The third-order valence-corrected chi connectivity index (χ3v) is 5.94. The molecule has 0 atom stereocenters. The maximum Gasteiger partial charge on any atom is 0.416 e. The molecule has 9 heteroatoms. The average molecular weight is 475 g/mol. The minimum absolute atomic E-state index is 0.392. The Bertz CT molecular complexity index is 1160. The number of piperazine rings is 1. The summed E-state index contributed by atoms with van der Waals surface area (Å²) in [7, 11) is 3.18. The first kappa shape index (κ1) is 23.9. The van der Waals surface area contributed by atoms with Crippen LogP contribution in [0.5, 0.6) is 11.5 Å². The lowest BCUT2D eigenvalue weighted by Gasteiger charge is -2.37. The minimum atomic E-state index is -4.36. The number of rotatable bonds is 6. The second-order valence-corrected chi connectivity index (χ2v) is 8.81. The quantitative estimate of drug-likeness (QED) is 0.490. The molecule has 6 nitrogen and oxygen atoms in total. The van der Waals surface area contributed by atoms with Gasteiger partial charge in [0.2, 0.25) is 0 Å². The van der Waals surface area contributed by atoms with Crippen molar-refractivity contribution in [2.24, 2.45) is 5.92 Å². The van der Waals surface area contributed by atoms with Crippen molar-refractivity contribution < 1.29 is 22.6 Å². The molecule has 1 aliphatic rings. The Morgan fingerprint density at radius 2 is 1.56 bits per heavy atom. The first-order valence-corrected chi connectivity index (χ1v) is 11.3. The van der Waals surface area contributed by atoms with Gasteiger partial charge in [-0.3, -0.25) is 0 Å². The van der Waals surface area contributed by atoms with Gasteiger partial charge in [-0.2, -0.15) is 13.2 Å². The Morgan fingerprint density at radius 1 is 0.912 bits per heavy atom. The predicted molar refractivity (Wildman–Crippen MR) is 127 cm³/mol. The molecule has 34 heavy (non-hydrogen) atoms. The summed E-state index contributed by atoms with van der Waals surface area (Å²) >= 11 is 0. The van der Waals surface area contributed by atoms with E-state index in [2.05, 4.69) is 18.7 Å². The van der Waals surface area contributed by atoms with E-state index in [1.807, 2.05) is 17.0 Å². The maximum atomic E-state index is 13.2. The van der Waals surface area contributed by atoms with Gasteiger partial charge in [0, 0.05) is 49.7 Å². The molecule has 2 aromatic carbocycles. The molecule has 1 aliphatic heterocycles. The summed E-state index contributed by atoms with van der Waals surface area (Å²) in [5, 5.41) is 0.859. The summed E-state index contributed by atoms with van der Waals surface area (Å²) in [6.45, 7) is 6.65. The van der Waals surface area contributed by atoms with Crippen molar-refractivity contribution in [3.05, 3.63) is 47.8 Å². The number of hydrogen-bond acceptors (Lipinski definition) is 6. The number of nitrogens with zero attached hydrogens (tertiary/aromatic N) is 4. The van der Waals surface area contributed by atoms with Gasteiger partial charge in [-0.1, -0.05) is 19.9 Å². The SMILES string of the molecule is COc1cc2nc(CC(C)C)nc(N3CCN(c4cccc(C(F)(F)F)c4)CC3)c2cc1OC. The number of halogens is 3. The predicted octanol–water partition coefficient (Wildman–Crippen LogP) is 5.19. The van der Waals surface area contributed by atoms with Crippen LogP contribution in [-0.2, 0) is 12.6 Å². The van der Waals surface area contributed by atoms with Crippen LogP contribution in [0, 0.1) is 5.92 Å². The van der Waals surface area contributed by atoms with E-state index in [0.29, 0.717) is 49.3 Å². The van der Waals surface area contributed by atoms with Crippen LogP contribution in [0.2, 0.25) is 0 Å². The van der Waals surface area contributed by atoms with Gasteiger partial charge in [0.15, 0.2) is 11.5 Å². The number of alkyl halides is 3. The fourth-order valence-electron chi connectivity index (χ4n) is 4.24. The number of aromatic nitrogens is 2. The van der Waals surface area contributed by atoms with Crippen LogP contribution in [0.1, 0.15) is 25.2 Å². The number of ether oxygens (including phenoxy) is 2. The van der Waals surface area contributed by atoms with Gasteiger partial charge in [0.25, 0.3) is 0 Å². The van der Waals surface area contributed by atoms with E-state index in [1.54, 1.807) is 20.3 Å². The molecule has 0 bridgehead atoms.